The number of nitrogens with one attached hydrogen (secondary N) is 2. The van der Waals surface area contributed by atoms with Crippen LogP contribution in [0.4, 0.5) is 0 Å². The van der Waals surface area contributed by atoms with E-state index in [0.717, 1.165) is 32.2 Å². The van der Waals surface area contributed by atoms with Gasteiger partial charge in [0.25, 0.3) is 0 Å². The summed E-state index contributed by atoms with van der Waals surface area (Å²) in [7, 11) is -3.24. The quantitative estimate of drug-likeness (QED) is 0.596. The van der Waals surface area contributed by atoms with Crippen LogP contribution in [-0.4, -0.2) is 58.7 Å². The Labute approximate surface area is 102 Å². The predicted molar refractivity (Wildman–Crippen MR) is 64.6 cm³/mol. The fourth-order valence-electron chi connectivity index (χ4n) is 1.67. The first-order chi connectivity index (χ1) is 7.97. The number of piperidine rings is 1. The van der Waals surface area contributed by atoms with Gasteiger partial charge in [0, 0.05) is 12.8 Å². The molecule has 6 nitrogen and oxygen atoms in total. The van der Waals surface area contributed by atoms with Gasteiger partial charge < -0.3 is 15.4 Å². The smallest absolute Gasteiger partial charge is 0.235 e. The topological polar surface area (TPSA) is 84.5 Å². The second-order valence-electron chi connectivity index (χ2n) is 4.24. The molecule has 0 spiro atoms. The second-order valence-corrected chi connectivity index (χ2v) is 6.38. The number of sulfone groups is 1. The van der Waals surface area contributed by atoms with Crippen LogP contribution in [-0.2, 0) is 19.4 Å². The van der Waals surface area contributed by atoms with E-state index in [9.17, 15) is 13.2 Å². The lowest BCUT2D eigenvalue weighted by atomic mass is 10.1. The monoisotopic (exact) mass is 264 g/mol. The van der Waals surface area contributed by atoms with Crippen molar-refractivity contribution < 1.29 is 17.9 Å². The molecule has 7 heteroatoms. The number of rotatable bonds is 6. The maximum absolute atomic E-state index is 11.2. The predicted octanol–water partition coefficient (Wildman–Crippen LogP) is -1.08. The van der Waals surface area contributed by atoms with Crippen LogP contribution in [0.3, 0.4) is 0 Å². The van der Waals surface area contributed by atoms with Crippen molar-refractivity contribution in [3.8, 4) is 0 Å². The van der Waals surface area contributed by atoms with Crippen molar-refractivity contribution in [2.75, 3.05) is 38.2 Å². The van der Waals surface area contributed by atoms with Gasteiger partial charge in [0.15, 0.2) is 9.84 Å². The van der Waals surface area contributed by atoms with E-state index in [0.29, 0.717) is 13.2 Å². The van der Waals surface area contributed by atoms with Gasteiger partial charge in [-0.2, -0.15) is 0 Å². The molecule has 0 aliphatic carbocycles. The van der Waals surface area contributed by atoms with Crippen LogP contribution in [0.2, 0.25) is 0 Å². The summed E-state index contributed by atoms with van der Waals surface area (Å²) in [6.45, 7) is 2.72. The molecule has 1 amide bonds. The van der Waals surface area contributed by atoms with Gasteiger partial charge in [-0.15, -0.1) is 0 Å². The van der Waals surface area contributed by atoms with Gasteiger partial charge in [0.1, 0.15) is 5.75 Å². The van der Waals surface area contributed by atoms with E-state index in [1.807, 2.05) is 0 Å². The van der Waals surface area contributed by atoms with E-state index in [2.05, 4.69) is 10.6 Å². The molecule has 0 bridgehead atoms. The van der Waals surface area contributed by atoms with Crippen LogP contribution in [0.5, 0.6) is 0 Å². The van der Waals surface area contributed by atoms with E-state index in [4.69, 9.17) is 4.74 Å². The van der Waals surface area contributed by atoms with E-state index >= 15 is 0 Å². The minimum Gasteiger partial charge on any atom is -0.376 e. The zero-order valence-corrected chi connectivity index (χ0v) is 10.9. The summed E-state index contributed by atoms with van der Waals surface area (Å²) in [6, 6.07) is 0. The molecular weight excluding hydrogens is 244 g/mol. The molecule has 1 fully saturated rings. The summed E-state index contributed by atoms with van der Waals surface area (Å²) in [5, 5.41) is 5.75. The van der Waals surface area contributed by atoms with Crippen molar-refractivity contribution in [2.45, 2.75) is 18.9 Å². The van der Waals surface area contributed by atoms with Gasteiger partial charge >= 0.3 is 0 Å². The Hall–Kier alpha value is -0.660. The van der Waals surface area contributed by atoms with Crippen LogP contribution >= 0.6 is 0 Å². The molecule has 1 saturated heterocycles. The molecule has 1 aliphatic rings. The first kappa shape index (κ1) is 14.4. The van der Waals surface area contributed by atoms with E-state index in [-0.39, 0.29) is 6.10 Å². The zero-order valence-electron chi connectivity index (χ0n) is 10.1. The minimum absolute atomic E-state index is 0.253. The largest absolute Gasteiger partial charge is 0.376 e. The van der Waals surface area contributed by atoms with Crippen molar-refractivity contribution in [1.82, 2.24) is 10.6 Å². The lowest BCUT2D eigenvalue weighted by molar-refractivity contribution is -0.119. The molecule has 0 radical (unpaired) electrons. The summed E-state index contributed by atoms with van der Waals surface area (Å²) >= 11 is 0. The highest BCUT2D eigenvalue weighted by Crippen LogP contribution is 2.06. The minimum atomic E-state index is -3.24. The molecule has 1 rings (SSSR count). The Morgan fingerprint density at radius 2 is 2.06 bits per heavy atom. The third-order valence-electron chi connectivity index (χ3n) is 2.46. The second kappa shape index (κ2) is 6.93. The average molecular weight is 264 g/mol. The highest BCUT2D eigenvalue weighted by atomic mass is 32.2. The Bertz CT molecular complexity index is 336. The molecule has 0 aromatic carbocycles. The SMILES string of the molecule is CS(=O)(=O)CC(=O)NCCOC1CCNCC1. The van der Waals surface area contributed by atoms with E-state index in [1.165, 1.54) is 0 Å². The summed E-state index contributed by atoms with van der Waals surface area (Å²) in [6.07, 6.45) is 3.26. The highest BCUT2D eigenvalue weighted by molar-refractivity contribution is 7.91. The van der Waals surface area contributed by atoms with Gasteiger partial charge in [0.2, 0.25) is 5.91 Å². The third kappa shape index (κ3) is 7.30. The lowest BCUT2D eigenvalue weighted by Crippen LogP contribution is -2.36. The Kier molecular flexibility index (Phi) is 5.87. The Morgan fingerprint density at radius 1 is 1.41 bits per heavy atom. The average Bonchev–Trinajstić information content (AvgIpc) is 2.23. The van der Waals surface area contributed by atoms with E-state index < -0.39 is 21.5 Å². The molecule has 100 valence electrons. The maximum atomic E-state index is 11.2. The number of carbonyl (C=O) groups is 1. The summed E-state index contributed by atoms with van der Waals surface area (Å²) in [4.78, 5) is 11.2. The third-order valence-corrected chi connectivity index (χ3v) is 3.24. The fraction of sp³-hybridized carbons (Fsp3) is 0.900. The number of carbonyl (C=O) groups excluding carboxylic acids is 1. The number of amides is 1. The van der Waals surface area contributed by atoms with Crippen molar-refractivity contribution in [3.05, 3.63) is 0 Å². The van der Waals surface area contributed by atoms with Crippen molar-refractivity contribution >= 4 is 15.7 Å². The Morgan fingerprint density at radius 3 is 2.65 bits per heavy atom. The maximum Gasteiger partial charge on any atom is 0.235 e. The molecular formula is C10H20N2O4S. The molecule has 2 N–H and O–H groups in total. The molecule has 0 aromatic heterocycles. The van der Waals surface area contributed by atoms with Gasteiger partial charge in [-0.1, -0.05) is 0 Å². The summed E-state index contributed by atoms with van der Waals surface area (Å²) in [5.74, 6) is -0.929. The van der Waals surface area contributed by atoms with Gasteiger partial charge in [-0.05, 0) is 25.9 Å². The number of ether oxygens (including phenoxy) is 1. The summed E-state index contributed by atoms with van der Waals surface area (Å²) in [5.41, 5.74) is 0. The first-order valence-electron chi connectivity index (χ1n) is 5.74. The van der Waals surface area contributed by atoms with Crippen molar-refractivity contribution in [2.24, 2.45) is 0 Å². The molecule has 1 heterocycles. The lowest BCUT2D eigenvalue weighted by Gasteiger charge is -2.22. The van der Waals surface area contributed by atoms with Crippen LogP contribution in [0.25, 0.3) is 0 Å². The molecule has 17 heavy (non-hydrogen) atoms. The van der Waals surface area contributed by atoms with E-state index in [1.54, 1.807) is 0 Å². The number of hydrogen-bond acceptors (Lipinski definition) is 5. The van der Waals surface area contributed by atoms with Gasteiger partial charge in [0.05, 0.1) is 12.7 Å². The standard InChI is InChI=1S/C10H20N2O4S/c1-17(14,15)8-10(13)12-6-7-16-9-2-4-11-5-3-9/h9,11H,2-8H2,1H3,(H,12,13). The molecule has 0 aromatic rings. The van der Waals surface area contributed by atoms with Crippen LogP contribution < -0.4 is 10.6 Å². The first-order valence-corrected chi connectivity index (χ1v) is 7.80. The molecule has 0 unspecified atom stereocenters. The van der Waals surface area contributed by atoms with Crippen LogP contribution in [0, 0.1) is 0 Å². The molecule has 0 saturated carbocycles. The van der Waals surface area contributed by atoms with Crippen molar-refractivity contribution in [1.29, 1.82) is 0 Å². The zero-order chi connectivity index (χ0) is 12.7. The fourth-order valence-corrected chi connectivity index (χ4v) is 2.25. The molecule has 0 atom stereocenters. The highest BCUT2D eigenvalue weighted by Gasteiger charge is 2.13. The Balaban J connectivity index is 2.05. The summed E-state index contributed by atoms with van der Waals surface area (Å²) < 4.78 is 27.2. The number of hydrogen-bond donors (Lipinski definition) is 2. The normalized spacial score (nSPS) is 17.9. The van der Waals surface area contributed by atoms with Gasteiger partial charge in [-0.25, -0.2) is 8.42 Å². The van der Waals surface area contributed by atoms with Crippen LogP contribution in [0.1, 0.15) is 12.8 Å². The van der Waals surface area contributed by atoms with Crippen molar-refractivity contribution in [3.63, 3.8) is 0 Å². The van der Waals surface area contributed by atoms with Gasteiger partial charge in [-0.3, -0.25) is 4.79 Å². The van der Waals surface area contributed by atoms with Crippen LogP contribution in [0.15, 0.2) is 0 Å². The molecule has 1 aliphatic heterocycles.